The highest BCUT2D eigenvalue weighted by Gasteiger charge is 2.15. The minimum atomic E-state index is -0.0965. The van der Waals surface area contributed by atoms with E-state index < -0.39 is 0 Å². The second kappa shape index (κ2) is 7.71. The van der Waals surface area contributed by atoms with Crippen molar-refractivity contribution in [3.05, 3.63) is 12.7 Å². The van der Waals surface area contributed by atoms with Crippen LogP contribution in [0.25, 0.3) is 0 Å². The normalized spacial score (nSPS) is 10.7. The lowest BCUT2D eigenvalue weighted by molar-refractivity contribution is -0.892. The maximum Gasteiger partial charge on any atom is 0.247 e. The van der Waals surface area contributed by atoms with E-state index in [2.05, 4.69) is 39.8 Å². The molecule has 3 nitrogen and oxygen atoms in total. The molecule has 90 valence electrons. The van der Waals surface area contributed by atoms with Crippen molar-refractivity contribution in [3.63, 3.8) is 0 Å². The van der Waals surface area contributed by atoms with Gasteiger partial charge in [0.25, 0.3) is 0 Å². The van der Waals surface area contributed by atoms with Crippen LogP contribution in [-0.4, -0.2) is 37.7 Å². The SMILES string of the molecule is C=CC(=O)NC[N+](C)(C)CCC(C)C.[Cl-]. The molecule has 0 bridgehead atoms. The Morgan fingerprint density at radius 2 is 2.00 bits per heavy atom. The summed E-state index contributed by atoms with van der Waals surface area (Å²) >= 11 is 0. The van der Waals surface area contributed by atoms with E-state index in [-0.39, 0.29) is 18.3 Å². The number of hydrogen-bond acceptors (Lipinski definition) is 1. The van der Waals surface area contributed by atoms with Crippen LogP contribution in [0.4, 0.5) is 0 Å². The van der Waals surface area contributed by atoms with Gasteiger partial charge in [-0.3, -0.25) is 4.79 Å². The molecule has 0 saturated heterocycles. The van der Waals surface area contributed by atoms with Crippen molar-refractivity contribution >= 4 is 5.91 Å². The fourth-order valence-electron chi connectivity index (χ4n) is 1.05. The number of carbonyl (C=O) groups is 1. The van der Waals surface area contributed by atoms with Crippen LogP contribution in [0.2, 0.25) is 0 Å². The van der Waals surface area contributed by atoms with Gasteiger partial charge < -0.3 is 22.2 Å². The number of halogens is 1. The van der Waals surface area contributed by atoms with Crippen molar-refractivity contribution < 1.29 is 21.7 Å². The highest BCUT2D eigenvalue weighted by Crippen LogP contribution is 2.04. The van der Waals surface area contributed by atoms with E-state index in [0.717, 1.165) is 11.0 Å². The Balaban J connectivity index is 0. The maximum absolute atomic E-state index is 11.0. The molecule has 0 aromatic heterocycles. The number of quaternary nitrogens is 1. The fraction of sp³-hybridized carbons (Fsp3) is 0.727. The van der Waals surface area contributed by atoms with Gasteiger partial charge in [-0.05, 0) is 18.4 Å². The van der Waals surface area contributed by atoms with Gasteiger partial charge in [0.15, 0.2) is 6.67 Å². The van der Waals surface area contributed by atoms with Crippen LogP contribution in [-0.2, 0) is 4.79 Å². The van der Waals surface area contributed by atoms with Crippen LogP contribution in [0.5, 0.6) is 0 Å². The van der Waals surface area contributed by atoms with Gasteiger partial charge >= 0.3 is 0 Å². The summed E-state index contributed by atoms with van der Waals surface area (Å²) in [4.78, 5) is 11.0. The Bertz CT molecular complexity index is 203. The molecule has 0 saturated carbocycles. The molecular weight excluding hydrogens is 212 g/mol. The third-order valence-corrected chi connectivity index (χ3v) is 2.18. The number of hydrogen-bond donors (Lipinski definition) is 1. The zero-order valence-corrected chi connectivity index (χ0v) is 11.0. The lowest BCUT2D eigenvalue weighted by atomic mass is 10.1. The first-order valence-electron chi connectivity index (χ1n) is 5.09. The van der Waals surface area contributed by atoms with E-state index in [9.17, 15) is 4.79 Å². The van der Waals surface area contributed by atoms with Crippen molar-refractivity contribution in [2.45, 2.75) is 20.3 Å². The summed E-state index contributed by atoms with van der Waals surface area (Å²) in [6, 6.07) is 0. The molecule has 0 rings (SSSR count). The molecule has 0 aromatic carbocycles. The minimum absolute atomic E-state index is 0. The lowest BCUT2D eigenvalue weighted by Crippen LogP contribution is -3.00. The van der Waals surface area contributed by atoms with E-state index in [0.29, 0.717) is 12.6 Å². The van der Waals surface area contributed by atoms with Crippen LogP contribution in [0.15, 0.2) is 12.7 Å². The van der Waals surface area contributed by atoms with Gasteiger partial charge in [-0.2, -0.15) is 0 Å². The van der Waals surface area contributed by atoms with Crippen molar-refractivity contribution in [1.82, 2.24) is 5.32 Å². The quantitative estimate of drug-likeness (QED) is 0.334. The molecule has 0 aliphatic carbocycles. The zero-order chi connectivity index (χ0) is 11.2. The van der Waals surface area contributed by atoms with Gasteiger partial charge in [0.2, 0.25) is 5.91 Å². The molecule has 0 fully saturated rings. The number of carbonyl (C=O) groups excluding carboxylic acids is 1. The molecule has 15 heavy (non-hydrogen) atoms. The average Bonchev–Trinajstić information content (AvgIpc) is 2.11. The van der Waals surface area contributed by atoms with Gasteiger partial charge in [-0.25, -0.2) is 0 Å². The summed E-state index contributed by atoms with van der Waals surface area (Å²) in [7, 11) is 4.23. The molecule has 0 atom stereocenters. The Morgan fingerprint density at radius 1 is 1.47 bits per heavy atom. The number of rotatable bonds is 6. The predicted molar refractivity (Wildman–Crippen MR) is 59.6 cm³/mol. The highest BCUT2D eigenvalue weighted by atomic mass is 35.5. The van der Waals surface area contributed by atoms with Crippen LogP contribution >= 0.6 is 0 Å². The fourth-order valence-corrected chi connectivity index (χ4v) is 1.05. The average molecular weight is 235 g/mol. The Labute approximate surface area is 99.5 Å². The molecule has 0 aliphatic rings. The van der Waals surface area contributed by atoms with Gasteiger partial charge in [0.05, 0.1) is 20.6 Å². The molecule has 1 amide bonds. The molecule has 0 heterocycles. The van der Waals surface area contributed by atoms with Crippen molar-refractivity contribution in [3.8, 4) is 0 Å². The molecule has 0 aromatic rings. The third-order valence-electron chi connectivity index (χ3n) is 2.18. The van der Waals surface area contributed by atoms with Crippen LogP contribution in [0.3, 0.4) is 0 Å². The van der Waals surface area contributed by atoms with Gasteiger partial charge in [0.1, 0.15) is 0 Å². The molecular formula is C11H23ClN2O. The first kappa shape index (κ1) is 16.9. The zero-order valence-electron chi connectivity index (χ0n) is 10.2. The van der Waals surface area contributed by atoms with E-state index in [1.807, 2.05) is 0 Å². The van der Waals surface area contributed by atoms with Crippen molar-refractivity contribution in [2.24, 2.45) is 5.92 Å². The standard InChI is InChI=1S/C11H22N2O.ClH/c1-6-11(14)12-9-13(4,5)8-7-10(2)3;/h6,10H,1,7-9H2,2-5H3;1H. The van der Waals surface area contributed by atoms with E-state index in [1.165, 1.54) is 12.5 Å². The minimum Gasteiger partial charge on any atom is -1.00 e. The summed E-state index contributed by atoms with van der Waals surface area (Å²) in [5, 5.41) is 2.81. The highest BCUT2D eigenvalue weighted by molar-refractivity contribution is 5.86. The van der Waals surface area contributed by atoms with Gasteiger partial charge in [0, 0.05) is 0 Å². The first-order chi connectivity index (χ1) is 6.37. The smallest absolute Gasteiger partial charge is 0.247 e. The summed E-state index contributed by atoms with van der Waals surface area (Å²) in [6.45, 7) is 9.58. The molecule has 0 unspecified atom stereocenters. The van der Waals surface area contributed by atoms with E-state index >= 15 is 0 Å². The largest absolute Gasteiger partial charge is 1.00 e. The van der Waals surface area contributed by atoms with Gasteiger partial charge in [-0.15, -0.1) is 0 Å². The van der Waals surface area contributed by atoms with Crippen LogP contribution in [0.1, 0.15) is 20.3 Å². The number of amides is 1. The second-order valence-electron chi connectivity index (χ2n) is 4.75. The molecule has 0 radical (unpaired) electrons. The van der Waals surface area contributed by atoms with Crippen molar-refractivity contribution in [2.75, 3.05) is 27.3 Å². The Kier molecular flexibility index (Phi) is 8.68. The molecule has 0 aliphatic heterocycles. The predicted octanol–water partition coefficient (Wildman–Crippen LogP) is -1.63. The summed E-state index contributed by atoms with van der Waals surface area (Å²) in [5.41, 5.74) is 0. The molecule has 0 spiro atoms. The van der Waals surface area contributed by atoms with E-state index in [1.54, 1.807) is 0 Å². The van der Waals surface area contributed by atoms with Gasteiger partial charge in [-0.1, -0.05) is 20.4 Å². The lowest BCUT2D eigenvalue weighted by Gasteiger charge is -2.30. The number of nitrogens with zero attached hydrogens (tertiary/aromatic N) is 1. The second-order valence-corrected chi connectivity index (χ2v) is 4.75. The van der Waals surface area contributed by atoms with Crippen LogP contribution in [0, 0.1) is 5.92 Å². The maximum atomic E-state index is 11.0. The van der Waals surface area contributed by atoms with Crippen LogP contribution < -0.4 is 17.7 Å². The topological polar surface area (TPSA) is 29.1 Å². The Morgan fingerprint density at radius 3 is 2.40 bits per heavy atom. The monoisotopic (exact) mass is 234 g/mol. The summed E-state index contributed by atoms with van der Waals surface area (Å²) in [5.74, 6) is 0.614. The summed E-state index contributed by atoms with van der Waals surface area (Å²) < 4.78 is 0.817. The van der Waals surface area contributed by atoms with Crippen molar-refractivity contribution in [1.29, 1.82) is 0 Å². The van der Waals surface area contributed by atoms with E-state index in [4.69, 9.17) is 0 Å². The molecule has 1 N–H and O–H groups in total. The number of nitrogens with one attached hydrogen (secondary N) is 1. The third kappa shape index (κ3) is 9.76. The first-order valence-corrected chi connectivity index (χ1v) is 5.09. The summed E-state index contributed by atoms with van der Waals surface area (Å²) in [6.07, 6.45) is 2.49. The Hall–Kier alpha value is -0.540. The molecule has 4 heteroatoms.